The lowest BCUT2D eigenvalue weighted by Crippen LogP contribution is -2.28. The molecule has 1 aliphatic rings. The molecule has 0 radical (unpaired) electrons. The van der Waals surface area contributed by atoms with Crippen molar-refractivity contribution in [1.82, 2.24) is 0 Å². The SMILES string of the molecule is C=CC(=O)OCOC(=O)c1ccc(OC(=O)c2ccc(OC(=O)C3CCC(C(=O)O)CC3)cc2)cc1. The van der Waals surface area contributed by atoms with Crippen LogP contribution in [-0.4, -0.2) is 41.7 Å². The van der Waals surface area contributed by atoms with Crippen molar-refractivity contribution >= 4 is 29.8 Å². The summed E-state index contributed by atoms with van der Waals surface area (Å²) in [5.74, 6) is -3.71. The fraction of sp³-hybridized carbons (Fsp3) is 0.269. The average Bonchev–Trinajstić information content (AvgIpc) is 2.89. The molecule has 188 valence electrons. The number of ether oxygens (including phenoxy) is 4. The maximum absolute atomic E-state index is 12.4. The summed E-state index contributed by atoms with van der Waals surface area (Å²) < 4.78 is 20.0. The van der Waals surface area contributed by atoms with Crippen LogP contribution >= 0.6 is 0 Å². The summed E-state index contributed by atoms with van der Waals surface area (Å²) in [6.07, 6.45) is 2.73. The summed E-state index contributed by atoms with van der Waals surface area (Å²) in [4.78, 5) is 58.7. The van der Waals surface area contributed by atoms with E-state index in [1.165, 1.54) is 48.5 Å². The van der Waals surface area contributed by atoms with Gasteiger partial charge in [0.15, 0.2) is 0 Å². The molecule has 10 nitrogen and oxygen atoms in total. The Morgan fingerprint density at radius 3 is 1.78 bits per heavy atom. The molecule has 2 aromatic carbocycles. The summed E-state index contributed by atoms with van der Waals surface area (Å²) in [6.45, 7) is 2.66. The van der Waals surface area contributed by atoms with E-state index in [1.807, 2.05) is 0 Å². The van der Waals surface area contributed by atoms with Crippen molar-refractivity contribution in [3.8, 4) is 11.5 Å². The molecule has 1 N–H and O–H groups in total. The summed E-state index contributed by atoms with van der Waals surface area (Å²) in [5.41, 5.74) is 0.372. The van der Waals surface area contributed by atoms with Gasteiger partial charge in [-0.2, -0.15) is 0 Å². The third kappa shape index (κ3) is 7.26. The number of esters is 4. The van der Waals surface area contributed by atoms with E-state index in [4.69, 9.17) is 19.3 Å². The molecule has 0 unspecified atom stereocenters. The smallest absolute Gasteiger partial charge is 0.343 e. The summed E-state index contributed by atoms with van der Waals surface area (Å²) >= 11 is 0. The monoisotopic (exact) mass is 496 g/mol. The number of benzene rings is 2. The van der Waals surface area contributed by atoms with Crippen molar-refractivity contribution in [2.24, 2.45) is 11.8 Å². The van der Waals surface area contributed by atoms with E-state index in [-0.39, 0.29) is 28.5 Å². The number of carboxylic acid groups (broad SMARTS) is 1. The van der Waals surface area contributed by atoms with Gasteiger partial charge in [-0.1, -0.05) is 6.58 Å². The molecule has 0 aromatic heterocycles. The van der Waals surface area contributed by atoms with Crippen molar-refractivity contribution in [2.45, 2.75) is 25.7 Å². The first-order valence-electron chi connectivity index (χ1n) is 11.1. The Morgan fingerprint density at radius 1 is 0.750 bits per heavy atom. The Bertz CT molecular complexity index is 1130. The maximum atomic E-state index is 12.4. The summed E-state index contributed by atoms with van der Waals surface area (Å²) in [7, 11) is 0. The topological polar surface area (TPSA) is 142 Å². The van der Waals surface area contributed by atoms with Crippen LogP contribution in [-0.2, 0) is 23.9 Å². The fourth-order valence-corrected chi connectivity index (χ4v) is 3.54. The molecule has 1 aliphatic carbocycles. The highest BCUT2D eigenvalue weighted by molar-refractivity contribution is 5.92. The van der Waals surface area contributed by atoms with Crippen LogP contribution in [0.3, 0.4) is 0 Å². The van der Waals surface area contributed by atoms with Crippen LogP contribution in [0, 0.1) is 11.8 Å². The predicted octanol–water partition coefficient (Wildman–Crippen LogP) is 3.55. The van der Waals surface area contributed by atoms with E-state index >= 15 is 0 Å². The van der Waals surface area contributed by atoms with E-state index in [1.54, 1.807) is 0 Å². The van der Waals surface area contributed by atoms with Gasteiger partial charge in [0.2, 0.25) is 6.79 Å². The molecule has 36 heavy (non-hydrogen) atoms. The Morgan fingerprint density at radius 2 is 1.25 bits per heavy atom. The van der Waals surface area contributed by atoms with Gasteiger partial charge in [0.25, 0.3) is 0 Å². The minimum absolute atomic E-state index is 0.159. The zero-order valence-corrected chi connectivity index (χ0v) is 19.2. The molecule has 10 heteroatoms. The Hall–Kier alpha value is -4.47. The van der Waals surface area contributed by atoms with Crippen LogP contribution in [0.2, 0.25) is 0 Å². The first kappa shape index (κ1) is 26.1. The third-order valence-corrected chi connectivity index (χ3v) is 5.58. The lowest BCUT2D eigenvalue weighted by atomic mass is 9.82. The minimum Gasteiger partial charge on any atom is -0.481 e. The zero-order valence-electron chi connectivity index (χ0n) is 19.2. The molecule has 0 bridgehead atoms. The lowest BCUT2D eigenvalue weighted by Gasteiger charge is -2.24. The number of carbonyl (C=O) groups is 5. The first-order valence-corrected chi connectivity index (χ1v) is 11.1. The van der Waals surface area contributed by atoms with Gasteiger partial charge in [-0.3, -0.25) is 9.59 Å². The number of hydrogen-bond acceptors (Lipinski definition) is 9. The summed E-state index contributed by atoms with van der Waals surface area (Å²) in [5, 5.41) is 9.06. The standard InChI is InChI=1S/C26H24O10/c1-2-22(27)33-15-34-24(30)17-7-11-20(12-8-17)36-26(32)19-9-13-21(14-10-19)35-25(31)18-5-3-16(4-6-18)23(28)29/h2,7-14,16,18H,1,3-6,15H2,(H,28,29). The highest BCUT2D eigenvalue weighted by Gasteiger charge is 2.30. The molecule has 1 fully saturated rings. The average molecular weight is 496 g/mol. The molecule has 0 amide bonds. The maximum Gasteiger partial charge on any atom is 0.343 e. The second-order valence-electron chi connectivity index (χ2n) is 7.96. The van der Waals surface area contributed by atoms with E-state index in [2.05, 4.69) is 11.3 Å². The van der Waals surface area contributed by atoms with E-state index in [0.717, 1.165) is 6.08 Å². The molecule has 0 spiro atoms. The van der Waals surface area contributed by atoms with Crippen molar-refractivity contribution < 1.29 is 48.0 Å². The van der Waals surface area contributed by atoms with Gasteiger partial charge in [-0.25, -0.2) is 14.4 Å². The van der Waals surface area contributed by atoms with Gasteiger partial charge in [-0.15, -0.1) is 0 Å². The quantitative estimate of drug-likeness (QED) is 0.237. The highest BCUT2D eigenvalue weighted by atomic mass is 16.7. The number of rotatable bonds is 9. The second kappa shape index (κ2) is 12.3. The molecule has 0 saturated heterocycles. The van der Waals surface area contributed by atoms with Crippen LogP contribution in [0.1, 0.15) is 46.4 Å². The van der Waals surface area contributed by atoms with Gasteiger partial charge in [-0.05, 0) is 74.2 Å². The molecule has 0 heterocycles. The van der Waals surface area contributed by atoms with Crippen LogP contribution in [0.15, 0.2) is 61.2 Å². The third-order valence-electron chi connectivity index (χ3n) is 5.58. The van der Waals surface area contributed by atoms with Crippen molar-refractivity contribution in [2.75, 3.05) is 6.79 Å². The van der Waals surface area contributed by atoms with Gasteiger partial charge < -0.3 is 24.1 Å². The van der Waals surface area contributed by atoms with E-state index < -0.39 is 42.6 Å². The molecule has 3 rings (SSSR count). The molecular weight excluding hydrogens is 472 g/mol. The minimum atomic E-state index is -0.841. The number of carboxylic acids is 1. The number of hydrogen-bond donors (Lipinski definition) is 1. The number of aliphatic carboxylic acids is 1. The summed E-state index contributed by atoms with van der Waals surface area (Å²) in [6, 6.07) is 11.4. The first-order chi connectivity index (χ1) is 17.3. The van der Waals surface area contributed by atoms with Crippen LogP contribution in [0.25, 0.3) is 0 Å². The van der Waals surface area contributed by atoms with Crippen LogP contribution in [0.5, 0.6) is 11.5 Å². The second-order valence-corrected chi connectivity index (χ2v) is 7.96. The van der Waals surface area contributed by atoms with Crippen molar-refractivity contribution in [3.05, 3.63) is 72.3 Å². The van der Waals surface area contributed by atoms with Crippen molar-refractivity contribution in [1.29, 1.82) is 0 Å². The zero-order chi connectivity index (χ0) is 26.1. The van der Waals surface area contributed by atoms with E-state index in [0.29, 0.717) is 25.7 Å². The van der Waals surface area contributed by atoms with Crippen molar-refractivity contribution in [3.63, 3.8) is 0 Å². The largest absolute Gasteiger partial charge is 0.481 e. The Kier molecular flexibility index (Phi) is 8.93. The van der Waals surface area contributed by atoms with Gasteiger partial charge in [0.1, 0.15) is 11.5 Å². The van der Waals surface area contributed by atoms with Gasteiger partial charge in [0.05, 0.1) is 23.0 Å². The molecular formula is C26H24O10. The lowest BCUT2D eigenvalue weighted by molar-refractivity contribution is -0.147. The van der Waals surface area contributed by atoms with Crippen LogP contribution in [0.4, 0.5) is 0 Å². The Labute approximate surface area is 206 Å². The van der Waals surface area contributed by atoms with Crippen LogP contribution < -0.4 is 9.47 Å². The normalized spacial score (nSPS) is 16.8. The Balaban J connectivity index is 1.48. The molecule has 0 atom stereocenters. The predicted molar refractivity (Wildman–Crippen MR) is 123 cm³/mol. The fourth-order valence-electron chi connectivity index (χ4n) is 3.54. The molecule has 1 saturated carbocycles. The van der Waals surface area contributed by atoms with Gasteiger partial charge in [0, 0.05) is 6.08 Å². The number of carbonyl (C=O) groups excluding carboxylic acids is 4. The van der Waals surface area contributed by atoms with Gasteiger partial charge >= 0.3 is 29.8 Å². The molecule has 0 aliphatic heterocycles. The highest BCUT2D eigenvalue weighted by Crippen LogP contribution is 2.30. The molecule has 2 aromatic rings. The van der Waals surface area contributed by atoms with E-state index in [9.17, 15) is 24.0 Å².